The molecule has 1 aromatic heterocycles. The Labute approximate surface area is 132 Å². The summed E-state index contributed by atoms with van der Waals surface area (Å²) < 4.78 is 4.75. The zero-order valence-electron chi connectivity index (χ0n) is 12.2. The van der Waals surface area contributed by atoms with E-state index in [9.17, 15) is 9.59 Å². The molecule has 0 bridgehead atoms. The Morgan fingerprint density at radius 2 is 2.14 bits per heavy atom. The SMILES string of the molecule is CCc1ncc(C(=O)NC(C(=O)OC)c2ccccc2Cl)[nH]1. The van der Waals surface area contributed by atoms with E-state index in [1.807, 2.05) is 6.92 Å². The third kappa shape index (κ3) is 3.46. The van der Waals surface area contributed by atoms with Crippen LogP contribution >= 0.6 is 11.6 Å². The van der Waals surface area contributed by atoms with Crippen LogP contribution in [0, 0.1) is 0 Å². The second kappa shape index (κ2) is 7.09. The normalized spacial score (nSPS) is 11.8. The number of hydrogen-bond donors (Lipinski definition) is 2. The standard InChI is InChI=1S/C15H16ClN3O3/c1-3-12-17-8-11(18-12)14(20)19-13(15(21)22-2)9-6-4-5-7-10(9)16/h4-8,13H,3H2,1-2H3,(H,17,18)(H,19,20). The minimum Gasteiger partial charge on any atom is -0.467 e. The first-order valence-electron chi connectivity index (χ1n) is 6.73. The maximum absolute atomic E-state index is 12.3. The number of ether oxygens (including phenoxy) is 1. The lowest BCUT2D eigenvalue weighted by atomic mass is 10.1. The van der Waals surface area contributed by atoms with Crippen molar-refractivity contribution in [2.24, 2.45) is 0 Å². The molecule has 0 aliphatic carbocycles. The summed E-state index contributed by atoms with van der Waals surface area (Å²) in [4.78, 5) is 31.2. The van der Waals surface area contributed by atoms with Gasteiger partial charge in [0, 0.05) is 17.0 Å². The topological polar surface area (TPSA) is 84.1 Å². The van der Waals surface area contributed by atoms with Gasteiger partial charge in [0.25, 0.3) is 5.91 Å². The number of H-pyrrole nitrogens is 1. The van der Waals surface area contributed by atoms with E-state index in [-0.39, 0.29) is 5.69 Å². The molecule has 2 N–H and O–H groups in total. The van der Waals surface area contributed by atoms with E-state index in [1.54, 1.807) is 24.3 Å². The third-order valence-electron chi connectivity index (χ3n) is 3.14. The van der Waals surface area contributed by atoms with Crippen molar-refractivity contribution in [3.8, 4) is 0 Å². The fraction of sp³-hybridized carbons (Fsp3) is 0.267. The van der Waals surface area contributed by atoms with Gasteiger partial charge in [0.1, 0.15) is 11.5 Å². The molecule has 2 rings (SSSR count). The third-order valence-corrected chi connectivity index (χ3v) is 3.48. The van der Waals surface area contributed by atoms with Crippen molar-refractivity contribution in [2.45, 2.75) is 19.4 Å². The molecule has 7 heteroatoms. The number of aryl methyl sites for hydroxylation is 1. The van der Waals surface area contributed by atoms with Gasteiger partial charge in [-0.1, -0.05) is 36.7 Å². The monoisotopic (exact) mass is 321 g/mol. The van der Waals surface area contributed by atoms with Gasteiger partial charge in [-0.05, 0) is 6.07 Å². The van der Waals surface area contributed by atoms with E-state index < -0.39 is 17.9 Å². The lowest BCUT2D eigenvalue weighted by Gasteiger charge is -2.17. The number of imidazole rings is 1. The highest BCUT2D eigenvalue weighted by molar-refractivity contribution is 6.31. The predicted molar refractivity (Wildman–Crippen MR) is 81.6 cm³/mol. The zero-order chi connectivity index (χ0) is 16.1. The summed E-state index contributed by atoms with van der Waals surface area (Å²) in [6, 6.07) is 5.79. The van der Waals surface area contributed by atoms with Crippen LogP contribution in [0.4, 0.5) is 0 Å². The van der Waals surface area contributed by atoms with Crippen LogP contribution in [0.2, 0.25) is 5.02 Å². The van der Waals surface area contributed by atoms with Gasteiger partial charge in [0.2, 0.25) is 0 Å². The largest absolute Gasteiger partial charge is 0.467 e. The van der Waals surface area contributed by atoms with Crippen LogP contribution in [0.15, 0.2) is 30.5 Å². The molecule has 0 saturated carbocycles. The van der Waals surface area contributed by atoms with E-state index in [0.29, 0.717) is 22.8 Å². The van der Waals surface area contributed by atoms with E-state index >= 15 is 0 Å². The van der Waals surface area contributed by atoms with Crippen molar-refractivity contribution in [3.05, 3.63) is 52.6 Å². The fourth-order valence-corrected chi connectivity index (χ4v) is 2.20. The minimum atomic E-state index is -0.987. The van der Waals surface area contributed by atoms with Crippen LogP contribution in [0.3, 0.4) is 0 Å². The highest BCUT2D eigenvalue weighted by Gasteiger charge is 2.26. The molecule has 0 saturated heterocycles. The number of rotatable bonds is 5. The van der Waals surface area contributed by atoms with Gasteiger partial charge in [-0.2, -0.15) is 0 Å². The number of aromatic amines is 1. The van der Waals surface area contributed by atoms with Crippen molar-refractivity contribution in [1.29, 1.82) is 0 Å². The van der Waals surface area contributed by atoms with Crippen molar-refractivity contribution < 1.29 is 14.3 Å². The summed E-state index contributed by atoms with van der Waals surface area (Å²) in [5.74, 6) is -0.364. The van der Waals surface area contributed by atoms with Crippen molar-refractivity contribution in [2.75, 3.05) is 7.11 Å². The van der Waals surface area contributed by atoms with E-state index in [1.165, 1.54) is 13.3 Å². The number of esters is 1. The van der Waals surface area contributed by atoms with E-state index in [2.05, 4.69) is 15.3 Å². The Balaban J connectivity index is 2.25. The number of nitrogens with one attached hydrogen (secondary N) is 2. The maximum atomic E-state index is 12.3. The highest BCUT2D eigenvalue weighted by Crippen LogP contribution is 2.24. The van der Waals surface area contributed by atoms with Crippen molar-refractivity contribution in [3.63, 3.8) is 0 Å². The molecule has 0 radical (unpaired) electrons. The van der Waals surface area contributed by atoms with Gasteiger partial charge in [0.05, 0.1) is 13.3 Å². The molecule has 0 fully saturated rings. The zero-order valence-corrected chi connectivity index (χ0v) is 13.0. The summed E-state index contributed by atoms with van der Waals surface area (Å²) in [5.41, 5.74) is 0.748. The van der Waals surface area contributed by atoms with Crippen LogP contribution in [-0.4, -0.2) is 29.0 Å². The van der Waals surface area contributed by atoms with Gasteiger partial charge < -0.3 is 15.0 Å². The Hall–Kier alpha value is -2.34. The molecule has 1 aromatic carbocycles. The van der Waals surface area contributed by atoms with Crippen molar-refractivity contribution in [1.82, 2.24) is 15.3 Å². The molecular weight excluding hydrogens is 306 g/mol. The molecular formula is C15H16ClN3O3. The number of halogens is 1. The van der Waals surface area contributed by atoms with Crippen LogP contribution < -0.4 is 5.32 Å². The molecule has 22 heavy (non-hydrogen) atoms. The van der Waals surface area contributed by atoms with Gasteiger partial charge in [-0.25, -0.2) is 9.78 Å². The first-order valence-corrected chi connectivity index (χ1v) is 7.11. The van der Waals surface area contributed by atoms with Crippen LogP contribution in [0.25, 0.3) is 0 Å². The minimum absolute atomic E-state index is 0.276. The lowest BCUT2D eigenvalue weighted by Crippen LogP contribution is -2.35. The quantitative estimate of drug-likeness (QED) is 0.827. The number of carbonyl (C=O) groups excluding carboxylic acids is 2. The Bertz CT molecular complexity index is 684. The average Bonchev–Trinajstić information content (AvgIpc) is 3.01. The Morgan fingerprint density at radius 3 is 2.73 bits per heavy atom. The lowest BCUT2D eigenvalue weighted by molar-refractivity contribution is -0.143. The predicted octanol–water partition coefficient (Wildman–Crippen LogP) is 2.27. The number of nitrogens with zero attached hydrogens (tertiary/aromatic N) is 1. The van der Waals surface area contributed by atoms with Crippen LogP contribution in [-0.2, 0) is 16.0 Å². The molecule has 1 amide bonds. The molecule has 0 spiro atoms. The average molecular weight is 322 g/mol. The molecule has 116 valence electrons. The second-order valence-corrected chi connectivity index (χ2v) is 4.96. The molecule has 1 heterocycles. The molecule has 1 unspecified atom stereocenters. The van der Waals surface area contributed by atoms with Crippen molar-refractivity contribution >= 4 is 23.5 Å². The molecule has 1 atom stereocenters. The number of hydrogen-bond acceptors (Lipinski definition) is 4. The first-order chi connectivity index (χ1) is 10.6. The Kier molecular flexibility index (Phi) is 5.16. The van der Waals surface area contributed by atoms with Gasteiger partial charge in [-0.15, -0.1) is 0 Å². The molecule has 2 aromatic rings. The molecule has 0 aliphatic rings. The smallest absolute Gasteiger partial charge is 0.333 e. The number of methoxy groups -OCH3 is 1. The van der Waals surface area contributed by atoms with E-state index in [0.717, 1.165) is 0 Å². The Morgan fingerprint density at radius 1 is 1.41 bits per heavy atom. The number of carbonyl (C=O) groups is 2. The number of amides is 1. The highest BCUT2D eigenvalue weighted by atomic mass is 35.5. The molecule has 6 nitrogen and oxygen atoms in total. The second-order valence-electron chi connectivity index (χ2n) is 4.55. The number of aromatic nitrogens is 2. The maximum Gasteiger partial charge on any atom is 0.333 e. The van der Waals surface area contributed by atoms with Gasteiger partial charge in [-0.3, -0.25) is 4.79 Å². The number of benzene rings is 1. The van der Waals surface area contributed by atoms with Gasteiger partial charge in [0.15, 0.2) is 6.04 Å². The van der Waals surface area contributed by atoms with E-state index in [4.69, 9.17) is 16.3 Å². The molecule has 0 aliphatic heterocycles. The summed E-state index contributed by atoms with van der Waals surface area (Å²) >= 11 is 6.10. The first kappa shape index (κ1) is 16.0. The summed E-state index contributed by atoms with van der Waals surface area (Å²) in [7, 11) is 1.25. The summed E-state index contributed by atoms with van der Waals surface area (Å²) in [5, 5.41) is 2.98. The fourth-order valence-electron chi connectivity index (χ4n) is 1.96. The van der Waals surface area contributed by atoms with Crippen LogP contribution in [0.5, 0.6) is 0 Å². The van der Waals surface area contributed by atoms with Crippen LogP contribution in [0.1, 0.15) is 34.8 Å². The van der Waals surface area contributed by atoms with Gasteiger partial charge >= 0.3 is 5.97 Å². The summed E-state index contributed by atoms with van der Waals surface area (Å²) in [6.07, 6.45) is 2.10. The summed E-state index contributed by atoms with van der Waals surface area (Å²) in [6.45, 7) is 1.92.